The van der Waals surface area contributed by atoms with Gasteiger partial charge in [0.1, 0.15) is 30.3 Å². The highest BCUT2D eigenvalue weighted by Gasteiger charge is 2.36. The number of likely N-dealkylation sites (N-methyl/N-ethyl adjacent to an activating group) is 2. The number of aliphatic hydroxyl groups is 1. The predicted octanol–water partition coefficient (Wildman–Crippen LogP) is 3.24. The monoisotopic (exact) mass is 825 g/mol. The van der Waals surface area contributed by atoms with Crippen LogP contribution in [0.15, 0.2) is 53.6 Å². The third-order valence-corrected chi connectivity index (χ3v) is 10.8. The largest absolute Gasteiger partial charge is 0.456 e. The van der Waals surface area contributed by atoms with Gasteiger partial charge in [-0.3, -0.25) is 24.0 Å². The maximum absolute atomic E-state index is 14.1. The molecule has 2 rings (SSSR count). The number of carbonyl (C=O) groups excluding carboxylic acids is 7. The van der Waals surface area contributed by atoms with Crippen molar-refractivity contribution in [1.82, 2.24) is 25.8 Å². The van der Waals surface area contributed by atoms with Gasteiger partial charge in [-0.15, -0.1) is 0 Å². The molecule has 15 nitrogen and oxygen atoms in total. The Morgan fingerprint density at radius 3 is 2.08 bits per heavy atom. The second kappa shape index (κ2) is 23.5. The molecule has 15 heteroatoms. The topological polar surface area (TPSA) is 201 Å². The molecule has 0 aliphatic carbocycles. The van der Waals surface area contributed by atoms with Gasteiger partial charge in [-0.25, -0.2) is 9.59 Å². The highest BCUT2D eigenvalue weighted by atomic mass is 16.6. The van der Waals surface area contributed by atoms with Crippen molar-refractivity contribution in [3.05, 3.63) is 59.2 Å². The third kappa shape index (κ3) is 14.9. The van der Waals surface area contributed by atoms with E-state index in [-0.39, 0.29) is 36.7 Å². The fourth-order valence-corrected chi connectivity index (χ4v) is 6.55. The zero-order valence-electron chi connectivity index (χ0n) is 36.9. The van der Waals surface area contributed by atoms with Gasteiger partial charge in [0.15, 0.2) is 6.10 Å². The Hall–Kier alpha value is -5.05. The molecule has 0 radical (unpaired) electrons. The first-order chi connectivity index (χ1) is 27.6. The Balaban J connectivity index is 2.62. The molecule has 1 aromatic rings. The molecule has 1 heterocycles. The maximum Gasteiger partial charge on any atom is 0.334 e. The van der Waals surface area contributed by atoms with Crippen LogP contribution < -0.4 is 16.0 Å². The summed E-state index contributed by atoms with van der Waals surface area (Å²) in [5.41, 5.74) is 1.51. The summed E-state index contributed by atoms with van der Waals surface area (Å²) in [5, 5.41) is 19.3. The molecule has 1 aliphatic heterocycles. The number of allylic oxidation sites excluding steroid dienone is 1. The Bertz CT molecular complexity index is 1700. The van der Waals surface area contributed by atoms with Crippen LogP contribution in [0.5, 0.6) is 0 Å². The van der Waals surface area contributed by atoms with E-state index < -0.39 is 96.4 Å². The van der Waals surface area contributed by atoms with Crippen LogP contribution in [0.3, 0.4) is 0 Å². The van der Waals surface area contributed by atoms with E-state index in [1.807, 2.05) is 26.8 Å². The summed E-state index contributed by atoms with van der Waals surface area (Å²) in [4.78, 5) is 98.0. The maximum atomic E-state index is 14.1. The quantitative estimate of drug-likeness (QED) is 0.234. The highest BCUT2D eigenvalue weighted by molar-refractivity contribution is 5.96. The standard InChI is InChI=1S/C44H67N5O10/c1-13-26(5)37-40(53)46-31(10)44(57)59-38(27(6)14-2)29(8)34(50)21-20-28(7)43(56)58-35(22-25(3)4)39(52)45-30(9)41(54)49(12)33(23-32-18-16-15-17-19-32)42(55)48(11)24-36(51)47-37/h14-20,25-26,29-31,33-35,37-38,50H,13,21-24H2,1-12H3,(H,45,52)(H,46,53)(H,47,51)/b27-14+,28-20+/t26-,29-,30-,31+,33+,34-,35+,37-,38-/m0/s1. The van der Waals surface area contributed by atoms with E-state index >= 15 is 0 Å². The Kier molecular flexibility index (Phi) is 20.0. The summed E-state index contributed by atoms with van der Waals surface area (Å²) in [6, 6.07) is 4.53. The second-order valence-corrected chi connectivity index (χ2v) is 16.2. The molecule has 59 heavy (non-hydrogen) atoms. The van der Waals surface area contributed by atoms with Crippen molar-refractivity contribution in [2.24, 2.45) is 17.8 Å². The minimum Gasteiger partial charge on any atom is -0.456 e. The average Bonchev–Trinajstić information content (AvgIpc) is 3.20. The van der Waals surface area contributed by atoms with E-state index in [0.29, 0.717) is 12.0 Å². The highest BCUT2D eigenvalue weighted by Crippen LogP contribution is 2.24. The molecule has 0 saturated carbocycles. The van der Waals surface area contributed by atoms with Crippen LogP contribution in [0.2, 0.25) is 0 Å². The number of cyclic esters (lactones) is 2. The lowest BCUT2D eigenvalue weighted by atomic mass is 9.90. The van der Waals surface area contributed by atoms with Crippen molar-refractivity contribution < 1.29 is 48.1 Å². The van der Waals surface area contributed by atoms with Gasteiger partial charge in [0, 0.05) is 32.0 Å². The fraction of sp³-hybridized carbons (Fsp3) is 0.614. The number of carbonyl (C=O) groups is 7. The normalized spacial score (nSPS) is 28.8. The minimum absolute atomic E-state index is 0.0211. The number of rotatable bonds is 7. The van der Waals surface area contributed by atoms with Crippen LogP contribution >= 0.6 is 0 Å². The molecule has 0 aromatic heterocycles. The average molecular weight is 826 g/mol. The van der Waals surface area contributed by atoms with E-state index in [1.165, 1.54) is 50.7 Å². The van der Waals surface area contributed by atoms with Crippen LogP contribution in [0, 0.1) is 17.8 Å². The fourth-order valence-electron chi connectivity index (χ4n) is 6.55. The molecule has 0 unspecified atom stereocenters. The van der Waals surface area contributed by atoms with Crippen molar-refractivity contribution in [3.8, 4) is 0 Å². The first kappa shape index (κ1) is 50.1. The summed E-state index contributed by atoms with van der Waals surface area (Å²) in [6.07, 6.45) is 0.687. The number of ether oxygens (including phenoxy) is 2. The van der Waals surface area contributed by atoms with Gasteiger partial charge in [-0.1, -0.05) is 83.5 Å². The van der Waals surface area contributed by atoms with Crippen molar-refractivity contribution in [2.75, 3.05) is 20.6 Å². The van der Waals surface area contributed by atoms with E-state index in [0.717, 1.165) is 5.56 Å². The number of benzene rings is 1. The van der Waals surface area contributed by atoms with Gasteiger partial charge >= 0.3 is 11.9 Å². The van der Waals surface area contributed by atoms with Crippen LogP contribution in [0.4, 0.5) is 0 Å². The Morgan fingerprint density at radius 2 is 1.51 bits per heavy atom. The molecule has 0 bridgehead atoms. The van der Waals surface area contributed by atoms with E-state index in [1.54, 1.807) is 58.0 Å². The number of nitrogens with zero attached hydrogens (tertiary/aromatic N) is 2. The van der Waals surface area contributed by atoms with Crippen LogP contribution in [-0.4, -0.2) is 120 Å². The lowest BCUT2D eigenvalue weighted by Crippen LogP contribution is -2.57. The zero-order chi connectivity index (χ0) is 44.7. The summed E-state index contributed by atoms with van der Waals surface area (Å²) >= 11 is 0. The molecule has 9 atom stereocenters. The van der Waals surface area contributed by atoms with Gasteiger partial charge in [0.25, 0.3) is 5.91 Å². The molecular weight excluding hydrogens is 759 g/mol. The van der Waals surface area contributed by atoms with E-state index in [9.17, 15) is 38.7 Å². The van der Waals surface area contributed by atoms with Crippen LogP contribution in [0.25, 0.3) is 0 Å². The number of esters is 2. The zero-order valence-corrected chi connectivity index (χ0v) is 36.9. The summed E-state index contributed by atoms with van der Waals surface area (Å²) < 4.78 is 11.5. The molecule has 5 amide bonds. The molecule has 1 aromatic carbocycles. The molecule has 4 N–H and O–H groups in total. The number of nitrogens with one attached hydrogen (secondary N) is 3. The molecule has 0 spiro atoms. The Labute approximate surface area is 349 Å². The van der Waals surface area contributed by atoms with Crippen molar-refractivity contribution in [1.29, 1.82) is 0 Å². The summed E-state index contributed by atoms with van der Waals surface area (Å²) in [5.74, 6) is -5.83. The summed E-state index contributed by atoms with van der Waals surface area (Å²) in [7, 11) is 2.85. The van der Waals surface area contributed by atoms with Crippen molar-refractivity contribution >= 4 is 41.5 Å². The number of hydrogen-bond acceptors (Lipinski definition) is 10. The third-order valence-electron chi connectivity index (χ3n) is 10.8. The van der Waals surface area contributed by atoms with Gasteiger partial charge in [-0.05, 0) is 70.4 Å². The first-order valence-corrected chi connectivity index (χ1v) is 20.5. The lowest BCUT2D eigenvalue weighted by Gasteiger charge is -2.33. The summed E-state index contributed by atoms with van der Waals surface area (Å²) in [6.45, 7) is 16.5. The molecule has 0 saturated heterocycles. The van der Waals surface area contributed by atoms with Crippen LogP contribution in [-0.2, 0) is 49.5 Å². The first-order valence-electron chi connectivity index (χ1n) is 20.5. The molecule has 328 valence electrons. The van der Waals surface area contributed by atoms with Gasteiger partial charge in [0.05, 0.1) is 12.6 Å². The lowest BCUT2D eigenvalue weighted by molar-refractivity contribution is -0.155. The van der Waals surface area contributed by atoms with E-state index in [2.05, 4.69) is 16.0 Å². The molecular formula is C44H67N5O10. The number of hydrogen-bond donors (Lipinski definition) is 4. The smallest absolute Gasteiger partial charge is 0.334 e. The molecule has 0 fully saturated rings. The van der Waals surface area contributed by atoms with Crippen LogP contribution in [0.1, 0.15) is 94.1 Å². The Morgan fingerprint density at radius 1 is 0.898 bits per heavy atom. The van der Waals surface area contributed by atoms with Gasteiger partial charge in [-0.2, -0.15) is 0 Å². The van der Waals surface area contributed by atoms with Gasteiger partial charge < -0.3 is 40.3 Å². The predicted molar refractivity (Wildman–Crippen MR) is 223 cm³/mol. The number of aliphatic hydroxyl groups excluding tert-OH is 1. The SMILES string of the molecule is C/C=C(\C)[C@@H]1OC(=O)[C@@H](C)NC(=O)[C@H]([C@@H](C)CC)NC(=O)CN(C)C(=O)[C@@H](Cc2ccccc2)N(C)C(=O)[C@H](C)NC(=O)[C@@H](CC(C)C)OC(=O)/C(C)=C/C[C@H](O)[C@@H]1C. The number of amides is 5. The van der Waals surface area contributed by atoms with Crippen molar-refractivity contribution in [2.45, 2.75) is 137 Å². The minimum atomic E-state index is -1.26. The van der Waals surface area contributed by atoms with E-state index in [4.69, 9.17) is 9.47 Å². The van der Waals surface area contributed by atoms with Gasteiger partial charge in [0.2, 0.25) is 23.6 Å². The molecule has 1 aliphatic rings. The van der Waals surface area contributed by atoms with Crippen molar-refractivity contribution in [3.63, 3.8) is 0 Å². The second-order valence-electron chi connectivity index (χ2n) is 16.2.